The zero-order valence-corrected chi connectivity index (χ0v) is 53.0. The number of benzene rings is 11. The van der Waals surface area contributed by atoms with Crippen molar-refractivity contribution >= 4 is 128 Å². The van der Waals surface area contributed by atoms with E-state index in [1.54, 1.807) is 0 Å². The van der Waals surface area contributed by atoms with E-state index in [4.69, 9.17) is 0 Å². The maximum atomic E-state index is 2.65. The van der Waals surface area contributed by atoms with Gasteiger partial charge in [-0.1, -0.05) is 178 Å². The summed E-state index contributed by atoms with van der Waals surface area (Å²) in [6.45, 7) is 27.7. The molecule has 0 atom stereocenters. The first-order valence-electron chi connectivity index (χ1n) is 30.9. The monoisotopic (exact) mass is 1140 g/mol. The van der Waals surface area contributed by atoms with Crippen LogP contribution < -0.4 is 31.1 Å². The predicted molar refractivity (Wildman–Crippen MR) is 378 cm³/mol. The quantitative estimate of drug-likeness (QED) is 0.148. The minimum Gasteiger partial charge on any atom is -0.311 e. The van der Waals surface area contributed by atoms with Gasteiger partial charge in [-0.2, -0.15) is 0 Å². The first kappa shape index (κ1) is 54.6. The molecule has 13 aromatic rings. The molecule has 0 amide bonds. The van der Waals surface area contributed by atoms with Gasteiger partial charge in [-0.05, 0) is 207 Å². The van der Waals surface area contributed by atoms with Gasteiger partial charge < -0.3 is 19.3 Å². The van der Waals surface area contributed by atoms with Gasteiger partial charge >= 0.3 is 0 Å². The number of aryl methyl sites for hydroxylation is 3. The number of para-hydroxylation sites is 2. The van der Waals surface area contributed by atoms with Crippen LogP contribution in [0.1, 0.15) is 95.7 Å². The van der Waals surface area contributed by atoms with Crippen LogP contribution in [0.3, 0.4) is 0 Å². The molecule has 0 saturated carbocycles. The summed E-state index contributed by atoms with van der Waals surface area (Å²) in [6.07, 6.45) is 0. The second-order valence-corrected chi connectivity index (χ2v) is 28.8. The average molecular weight is 1150 g/mol. The molecule has 0 saturated heterocycles. The molecule has 4 heterocycles. The molecule has 0 radical (unpaired) electrons. The van der Waals surface area contributed by atoms with Crippen molar-refractivity contribution in [2.24, 2.45) is 0 Å². The van der Waals surface area contributed by atoms with Crippen LogP contribution in [0, 0.1) is 20.8 Å². The number of anilines is 9. The van der Waals surface area contributed by atoms with Crippen LogP contribution in [-0.4, -0.2) is 11.3 Å². The Labute approximate surface area is 517 Å². The van der Waals surface area contributed by atoms with E-state index in [0.29, 0.717) is 0 Å². The first-order chi connectivity index (χ1) is 41.8. The van der Waals surface area contributed by atoms with Crippen molar-refractivity contribution in [3.05, 3.63) is 258 Å². The minimum absolute atomic E-state index is 0.0131. The lowest BCUT2D eigenvalue weighted by molar-refractivity contribution is 0.590. The van der Waals surface area contributed by atoms with Gasteiger partial charge in [-0.25, -0.2) is 0 Å². The lowest BCUT2D eigenvalue weighted by atomic mass is 9.33. The predicted octanol–water partition coefficient (Wildman–Crippen LogP) is 21.2. The van der Waals surface area contributed by atoms with Crippen LogP contribution in [0.2, 0.25) is 0 Å². The number of nitrogens with zero attached hydrogens (tertiary/aromatic N) is 4. The van der Waals surface area contributed by atoms with Gasteiger partial charge in [-0.15, -0.1) is 11.3 Å². The van der Waals surface area contributed by atoms with Crippen LogP contribution in [0.15, 0.2) is 224 Å². The highest BCUT2D eigenvalue weighted by atomic mass is 32.1. The molecule has 0 bridgehead atoms. The van der Waals surface area contributed by atoms with Crippen molar-refractivity contribution in [1.29, 1.82) is 0 Å². The Morgan fingerprint density at radius 2 is 0.931 bits per heavy atom. The van der Waals surface area contributed by atoms with E-state index in [9.17, 15) is 0 Å². The molecule has 0 unspecified atom stereocenters. The van der Waals surface area contributed by atoms with E-state index in [1.807, 2.05) is 11.3 Å². The lowest BCUT2D eigenvalue weighted by Crippen LogP contribution is -2.61. The SMILES string of the molecule is Cc1cc2c3c(c1)N(c1c(C)cc(-c4ccc5c(c4)sc4ccccc45)cc1C)c1cc(N(c4ccc(C(C)(C)C)cc4)c4ccc5c6ccccc6n(-c6ccccc6)c5c4)ccc1B3c1cc(C(C)(C)C)ccc1N2c1ccc(C(C)(C)C)cc1. The summed E-state index contributed by atoms with van der Waals surface area (Å²) in [5, 5.41) is 5.10. The molecule has 15 rings (SSSR count). The molecule has 2 aliphatic heterocycles. The summed E-state index contributed by atoms with van der Waals surface area (Å²) in [4.78, 5) is 7.72. The van der Waals surface area contributed by atoms with Gasteiger partial charge in [0.1, 0.15) is 0 Å². The molecule has 87 heavy (non-hydrogen) atoms. The molecule has 0 N–H and O–H groups in total. The fourth-order valence-electron chi connectivity index (χ4n) is 14.2. The Balaban J connectivity index is 0.993. The van der Waals surface area contributed by atoms with E-state index in [0.717, 1.165) is 34.0 Å². The largest absolute Gasteiger partial charge is 0.311 e. The summed E-state index contributed by atoms with van der Waals surface area (Å²) in [7, 11) is 0. The van der Waals surface area contributed by atoms with E-state index in [-0.39, 0.29) is 23.0 Å². The maximum absolute atomic E-state index is 2.65. The molecule has 4 nitrogen and oxygen atoms in total. The highest BCUT2D eigenvalue weighted by molar-refractivity contribution is 7.25. The molecule has 0 fully saturated rings. The van der Waals surface area contributed by atoms with Crippen molar-refractivity contribution in [3.8, 4) is 16.8 Å². The minimum atomic E-state index is -0.0776. The number of fused-ring (bicyclic) bond motifs is 10. The number of aromatic nitrogens is 1. The third kappa shape index (κ3) is 9.00. The van der Waals surface area contributed by atoms with E-state index in [1.165, 1.54) is 126 Å². The van der Waals surface area contributed by atoms with Crippen LogP contribution in [-0.2, 0) is 16.2 Å². The smallest absolute Gasteiger partial charge is 0.252 e. The summed E-state index contributed by atoms with van der Waals surface area (Å²) >= 11 is 1.88. The zero-order valence-electron chi connectivity index (χ0n) is 52.1. The first-order valence-corrected chi connectivity index (χ1v) is 31.7. The fraction of sp³-hybridized carbons (Fsp3) is 0.185. The topological polar surface area (TPSA) is 14.7 Å². The number of rotatable bonds is 7. The molecular formula is C81H73BN4S. The molecular weight excluding hydrogens is 1070 g/mol. The van der Waals surface area contributed by atoms with Crippen LogP contribution in [0.5, 0.6) is 0 Å². The van der Waals surface area contributed by atoms with Crippen molar-refractivity contribution < 1.29 is 0 Å². The van der Waals surface area contributed by atoms with Gasteiger partial charge in [0.2, 0.25) is 0 Å². The Hall–Kier alpha value is -9.10. The second kappa shape index (κ2) is 20.0. The average Bonchev–Trinajstić information content (AvgIpc) is 1.39. The number of thiophene rings is 1. The van der Waals surface area contributed by atoms with Gasteiger partial charge in [0, 0.05) is 82.1 Å². The summed E-state index contributed by atoms with van der Waals surface area (Å²) in [5.41, 5.74) is 27.9. The zero-order chi connectivity index (χ0) is 60.0. The summed E-state index contributed by atoms with van der Waals surface area (Å²) in [5.74, 6) is 0. The number of hydrogen-bond donors (Lipinski definition) is 0. The van der Waals surface area contributed by atoms with Gasteiger partial charge in [0.15, 0.2) is 0 Å². The third-order valence-electron chi connectivity index (χ3n) is 18.7. The molecule has 2 aliphatic rings. The molecule has 0 aliphatic carbocycles. The third-order valence-corrected chi connectivity index (χ3v) is 19.8. The van der Waals surface area contributed by atoms with Crippen molar-refractivity contribution in [2.75, 3.05) is 14.7 Å². The summed E-state index contributed by atoms with van der Waals surface area (Å²) in [6, 6.07) is 85.8. The molecule has 426 valence electrons. The standard InChI is InChI=1S/C81H73BN4S/c1-50-42-73-77-74(43-50)86(78-51(2)44-54(45-52(78)3)53-26-38-66-65-23-17-19-25-75(65)87-76(66)46-53)72-49-62(37-40-67(72)82(77)68-47-57(81(10,11)12)31-41-70(68)85(73)60-34-29-56(30-35-60)80(7,8)9)83(59-32-27-55(28-33-59)79(4,5)6)61-36-39-64-63-22-16-18-24-69(63)84(71(64)48-61)58-20-14-13-15-21-58/h13-49H,1-12H3. The van der Waals surface area contributed by atoms with Crippen LogP contribution >= 0.6 is 11.3 Å². The van der Waals surface area contributed by atoms with Crippen LogP contribution in [0.25, 0.3) is 58.8 Å². The second-order valence-electron chi connectivity index (χ2n) is 27.7. The van der Waals surface area contributed by atoms with E-state index < -0.39 is 0 Å². The van der Waals surface area contributed by atoms with Crippen molar-refractivity contribution in [3.63, 3.8) is 0 Å². The van der Waals surface area contributed by atoms with Crippen molar-refractivity contribution in [1.82, 2.24) is 4.57 Å². The maximum Gasteiger partial charge on any atom is 0.252 e. The lowest BCUT2D eigenvalue weighted by Gasteiger charge is -2.45. The molecule has 2 aromatic heterocycles. The Bertz CT molecular complexity index is 4890. The molecule has 6 heteroatoms. The highest BCUT2D eigenvalue weighted by Gasteiger charge is 2.45. The fourth-order valence-corrected chi connectivity index (χ4v) is 15.4. The van der Waals surface area contributed by atoms with Gasteiger partial charge in [0.25, 0.3) is 6.71 Å². The molecule has 11 aromatic carbocycles. The van der Waals surface area contributed by atoms with E-state index >= 15 is 0 Å². The van der Waals surface area contributed by atoms with E-state index in [2.05, 4.69) is 327 Å². The number of hydrogen-bond acceptors (Lipinski definition) is 4. The van der Waals surface area contributed by atoms with Crippen molar-refractivity contribution in [2.45, 2.75) is 99.3 Å². The highest BCUT2D eigenvalue weighted by Crippen LogP contribution is 2.50. The van der Waals surface area contributed by atoms with Gasteiger partial charge in [0.05, 0.1) is 16.7 Å². The van der Waals surface area contributed by atoms with Crippen LogP contribution in [0.4, 0.5) is 51.2 Å². The molecule has 0 spiro atoms. The summed E-state index contributed by atoms with van der Waals surface area (Å²) < 4.78 is 5.07. The Kier molecular flexibility index (Phi) is 12.5. The normalized spacial score (nSPS) is 13.2. The Morgan fingerprint density at radius 3 is 1.63 bits per heavy atom. The van der Waals surface area contributed by atoms with Gasteiger partial charge in [-0.3, -0.25) is 0 Å². The Morgan fingerprint density at radius 1 is 0.368 bits per heavy atom.